The molecular formula is C19H38O3. The van der Waals surface area contributed by atoms with Crippen molar-refractivity contribution in [1.82, 2.24) is 0 Å². The lowest BCUT2D eigenvalue weighted by Gasteiger charge is -2.07. The van der Waals surface area contributed by atoms with Crippen LogP contribution in [0.5, 0.6) is 0 Å². The van der Waals surface area contributed by atoms with Crippen molar-refractivity contribution in [3.05, 3.63) is 12.2 Å². The van der Waals surface area contributed by atoms with Crippen molar-refractivity contribution in [2.75, 3.05) is 19.8 Å². The van der Waals surface area contributed by atoms with Gasteiger partial charge in [-0.2, -0.15) is 0 Å². The summed E-state index contributed by atoms with van der Waals surface area (Å²) in [7, 11) is 0. The molecule has 2 N–H and O–H groups in total. The number of hydrogen-bond acceptors (Lipinski definition) is 3. The summed E-state index contributed by atoms with van der Waals surface area (Å²) in [5.74, 6) is 0. The largest absolute Gasteiger partial charge is 0.394 e. The molecule has 0 aromatic heterocycles. The maximum atomic E-state index is 9.09. The Balaban J connectivity index is 3.04. The Hall–Kier alpha value is -0.380. The summed E-state index contributed by atoms with van der Waals surface area (Å²) in [4.78, 5) is 0. The molecule has 0 bridgehead atoms. The molecule has 0 aliphatic carbocycles. The Morgan fingerprint density at radius 3 is 1.95 bits per heavy atom. The van der Waals surface area contributed by atoms with Crippen LogP contribution in [-0.2, 0) is 4.74 Å². The highest BCUT2D eigenvalue weighted by molar-refractivity contribution is 4.81. The average Bonchev–Trinajstić information content (AvgIpc) is 2.54. The molecule has 0 radical (unpaired) electrons. The van der Waals surface area contributed by atoms with Gasteiger partial charge in [-0.25, -0.2) is 0 Å². The van der Waals surface area contributed by atoms with Gasteiger partial charge in [-0.15, -0.1) is 0 Å². The Labute approximate surface area is 137 Å². The minimum atomic E-state index is -0.721. The van der Waals surface area contributed by atoms with Crippen LogP contribution in [0.2, 0.25) is 0 Å². The van der Waals surface area contributed by atoms with Gasteiger partial charge in [0.05, 0.1) is 13.2 Å². The molecule has 0 saturated heterocycles. The second-order valence-electron chi connectivity index (χ2n) is 6.14. The van der Waals surface area contributed by atoms with Crippen molar-refractivity contribution in [3.8, 4) is 0 Å². The van der Waals surface area contributed by atoms with Gasteiger partial charge >= 0.3 is 0 Å². The fraction of sp³-hybridized carbons (Fsp3) is 0.895. The van der Waals surface area contributed by atoms with Crippen LogP contribution in [0.15, 0.2) is 12.2 Å². The van der Waals surface area contributed by atoms with Crippen molar-refractivity contribution < 1.29 is 14.9 Å². The normalized spacial score (nSPS) is 13.0. The van der Waals surface area contributed by atoms with Crippen molar-refractivity contribution in [1.29, 1.82) is 0 Å². The Morgan fingerprint density at radius 1 is 0.818 bits per heavy atom. The number of allylic oxidation sites excluding steroid dienone is 2. The van der Waals surface area contributed by atoms with E-state index in [1.54, 1.807) is 0 Å². The molecule has 132 valence electrons. The Bertz CT molecular complexity index is 229. The van der Waals surface area contributed by atoms with Crippen molar-refractivity contribution >= 4 is 0 Å². The van der Waals surface area contributed by atoms with E-state index < -0.39 is 6.10 Å². The zero-order valence-electron chi connectivity index (χ0n) is 14.6. The topological polar surface area (TPSA) is 49.7 Å². The van der Waals surface area contributed by atoms with Gasteiger partial charge < -0.3 is 14.9 Å². The third kappa shape index (κ3) is 17.7. The second-order valence-corrected chi connectivity index (χ2v) is 6.14. The van der Waals surface area contributed by atoms with Gasteiger partial charge in [0.1, 0.15) is 6.10 Å². The van der Waals surface area contributed by atoms with Crippen molar-refractivity contribution in [2.24, 2.45) is 0 Å². The van der Waals surface area contributed by atoms with Gasteiger partial charge in [0, 0.05) is 6.61 Å². The summed E-state index contributed by atoms with van der Waals surface area (Å²) in [6, 6.07) is 0. The zero-order valence-corrected chi connectivity index (χ0v) is 14.6. The molecule has 0 heterocycles. The SMILES string of the molecule is CCCC/C=C\CCCCCCCCCCOCC(O)CO. The average molecular weight is 315 g/mol. The van der Waals surface area contributed by atoms with Gasteiger partial charge in [0.25, 0.3) is 0 Å². The van der Waals surface area contributed by atoms with Gasteiger partial charge in [0.2, 0.25) is 0 Å². The van der Waals surface area contributed by atoms with Crippen molar-refractivity contribution in [2.45, 2.75) is 90.1 Å². The van der Waals surface area contributed by atoms with Crippen LogP contribution in [0.1, 0.15) is 84.0 Å². The first-order valence-electron chi connectivity index (χ1n) is 9.33. The molecule has 0 amide bonds. The molecule has 3 heteroatoms. The summed E-state index contributed by atoms with van der Waals surface area (Å²) in [5.41, 5.74) is 0. The van der Waals surface area contributed by atoms with E-state index in [0.29, 0.717) is 6.61 Å². The van der Waals surface area contributed by atoms with Gasteiger partial charge in [-0.3, -0.25) is 0 Å². The van der Waals surface area contributed by atoms with E-state index in [-0.39, 0.29) is 13.2 Å². The summed E-state index contributed by atoms with van der Waals surface area (Å²) < 4.78 is 5.28. The molecule has 0 aliphatic heterocycles. The maximum Gasteiger partial charge on any atom is 0.100 e. The third-order valence-electron chi connectivity index (χ3n) is 3.82. The van der Waals surface area contributed by atoms with Crippen LogP contribution in [0.4, 0.5) is 0 Å². The molecular weight excluding hydrogens is 276 g/mol. The number of unbranched alkanes of at least 4 members (excludes halogenated alkanes) is 10. The van der Waals surface area contributed by atoms with E-state index in [9.17, 15) is 0 Å². The first-order valence-corrected chi connectivity index (χ1v) is 9.33. The number of aliphatic hydroxyl groups is 2. The van der Waals surface area contributed by atoms with Gasteiger partial charge in [0.15, 0.2) is 0 Å². The molecule has 3 nitrogen and oxygen atoms in total. The molecule has 0 saturated carbocycles. The van der Waals surface area contributed by atoms with E-state index in [1.807, 2.05) is 0 Å². The van der Waals surface area contributed by atoms with Crippen LogP contribution in [-0.4, -0.2) is 36.1 Å². The highest BCUT2D eigenvalue weighted by Crippen LogP contribution is 2.10. The standard InChI is InChI=1S/C19H38O3/c1-2-3-4-5-6-7-8-9-10-11-12-13-14-15-16-22-18-19(21)17-20/h5-6,19-21H,2-4,7-18H2,1H3/b6-5-. The predicted molar refractivity (Wildman–Crippen MR) is 94.1 cm³/mol. The summed E-state index contributed by atoms with van der Waals surface area (Å²) in [5, 5.41) is 17.7. The molecule has 0 aromatic rings. The minimum absolute atomic E-state index is 0.214. The molecule has 0 spiro atoms. The predicted octanol–water partition coefficient (Wildman–Crippen LogP) is 4.61. The van der Waals surface area contributed by atoms with Crippen LogP contribution in [0.25, 0.3) is 0 Å². The maximum absolute atomic E-state index is 9.09. The fourth-order valence-electron chi connectivity index (χ4n) is 2.36. The lowest BCUT2D eigenvalue weighted by Crippen LogP contribution is -2.19. The molecule has 0 fully saturated rings. The van der Waals surface area contributed by atoms with Crippen molar-refractivity contribution in [3.63, 3.8) is 0 Å². The summed E-state index contributed by atoms with van der Waals surface area (Å²) in [6.45, 7) is 2.97. The lowest BCUT2D eigenvalue weighted by molar-refractivity contribution is 0.00526. The second kappa shape index (κ2) is 18.7. The fourth-order valence-corrected chi connectivity index (χ4v) is 2.36. The molecule has 0 aliphatic rings. The third-order valence-corrected chi connectivity index (χ3v) is 3.82. The van der Waals surface area contributed by atoms with Crippen LogP contribution >= 0.6 is 0 Å². The highest BCUT2D eigenvalue weighted by atomic mass is 16.5. The summed E-state index contributed by atoms with van der Waals surface area (Å²) >= 11 is 0. The zero-order chi connectivity index (χ0) is 16.3. The van der Waals surface area contributed by atoms with Crippen LogP contribution in [0.3, 0.4) is 0 Å². The van der Waals surface area contributed by atoms with Crippen LogP contribution in [0, 0.1) is 0 Å². The number of hydrogen-bond donors (Lipinski definition) is 2. The smallest absolute Gasteiger partial charge is 0.100 e. The Kier molecular flexibility index (Phi) is 18.3. The van der Waals surface area contributed by atoms with Gasteiger partial charge in [-0.1, -0.05) is 70.4 Å². The van der Waals surface area contributed by atoms with E-state index in [4.69, 9.17) is 14.9 Å². The number of ether oxygens (including phenoxy) is 1. The molecule has 22 heavy (non-hydrogen) atoms. The molecule has 0 aromatic carbocycles. The van der Waals surface area contributed by atoms with E-state index in [0.717, 1.165) is 6.42 Å². The summed E-state index contributed by atoms with van der Waals surface area (Å²) in [6.07, 6.45) is 19.4. The molecule has 1 unspecified atom stereocenters. The van der Waals surface area contributed by atoms with E-state index in [1.165, 1.54) is 70.6 Å². The number of aliphatic hydroxyl groups excluding tert-OH is 2. The van der Waals surface area contributed by atoms with Crippen LogP contribution < -0.4 is 0 Å². The Morgan fingerprint density at radius 2 is 1.36 bits per heavy atom. The van der Waals surface area contributed by atoms with E-state index >= 15 is 0 Å². The number of rotatable bonds is 17. The monoisotopic (exact) mass is 314 g/mol. The molecule has 1 atom stereocenters. The van der Waals surface area contributed by atoms with E-state index in [2.05, 4.69) is 19.1 Å². The van der Waals surface area contributed by atoms with Gasteiger partial charge in [-0.05, 0) is 25.7 Å². The molecule has 0 rings (SSSR count). The highest BCUT2D eigenvalue weighted by Gasteiger charge is 2.00. The quantitative estimate of drug-likeness (QED) is 0.304. The first-order chi connectivity index (χ1) is 10.8. The minimum Gasteiger partial charge on any atom is -0.394 e. The lowest BCUT2D eigenvalue weighted by atomic mass is 10.1. The first kappa shape index (κ1) is 21.6.